The summed E-state index contributed by atoms with van der Waals surface area (Å²) in [6, 6.07) is 0. The van der Waals surface area contributed by atoms with Gasteiger partial charge < -0.3 is 9.84 Å². The second-order valence-corrected chi connectivity index (χ2v) is 5.73. The van der Waals surface area contributed by atoms with Crippen molar-refractivity contribution in [1.82, 2.24) is 0 Å². The van der Waals surface area contributed by atoms with E-state index < -0.39 is 0 Å². The van der Waals surface area contributed by atoms with E-state index in [1.165, 1.54) is 38.5 Å². The summed E-state index contributed by atoms with van der Waals surface area (Å²) in [5.41, 5.74) is 0. The average Bonchev–Trinajstić information content (AvgIpc) is 2.93. The Kier molecular flexibility index (Phi) is 2.73. The highest BCUT2D eigenvalue weighted by molar-refractivity contribution is 4.93. The van der Waals surface area contributed by atoms with Gasteiger partial charge in [-0.05, 0) is 31.6 Å². The molecule has 2 heteroatoms. The number of aliphatic hydroxyl groups is 1. The maximum Gasteiger partial charge on any atom is 0.0633 e. The Hall–Kier alpha value is -0.0800. The van der Waals surface area contributed by atoms with E-state index in [4.69, 9.17) is 4.74 Å². The largest absolute Gasteiger partial charge is 0.393 e. The molecule has 0 aromatic heterocycles. The van der Waals surface area contributed by atoms with Crippen LogP contribution < -0.4 is 0 Å². The maximum atomic E-state index is 10.3. The Labute approximate surface area is 92.0 Å². The van der Waals surface area contributed by atoms with Gasteiger partial charge in [-0.1, -0.05) is 25.7 Å². The second-order valence-electron chi connectivity index (χ2n) is 5.73. The molecule has 2 bridgehead atoms. The summed E-state index contributed by atoms with van der Waals surface area (Å²) in [7, 11) is 0. The van der Waals surface area contributed by atoms with Crippen LogP contribution in [0.1, 0.15) is 51.4 Å². The number of fused-ring (bicyclic) bond motifs is 2. The molecule has 4 atom stereocenters. The first-order valence-electron chi connectivity index (χ1n) is 6.66. The molecule has 0 amide bonds. The van der Waals surface area contributed by atoms with Gasteiger partial charge in [0.1, 0.15) is 0 Å². The van der Waals surface area contributed by atoms with Crippen LogP contribution in [0.15, 0.2) is 0 Å². The van der Waals surface area contributed by atoms with E-state index in [1.54, 1.807) is 0 Å². The predicted octanol–water partition coefficient (Wildman–Crippen LogP) is 2.50. The number of aliphatic hydroxyl groups excluding tert-OH is 1. The fraction of sp³-hybridized carbons (Fsp3) is 1.00. The zero-order chi connectivity index (χ0) is 10.3. The lowest BCUT2D eigenvalue weighted by Gasteiger charge is -2.26. The van der Waals surface area contributed by atoms with Crippen LogP contribution in [-0.2, 0) is 4.74 Å². The summed E-state index contributed by atoms with van der Waals surface area (Å²) in [4.78, 5) is 0. The third-order valence-electron chi connectivity index (χ3n) is 4.70. The van der Waals surface area contributed by atoms with Gasteiger partial charge in [-0.25, -0.2) is 0 Å². The van der Waals surface area contributed by atoms with Gasteiger partial charge in [-0.15, -0.1) is 0 Å². The van der Waals surface area contributed by atoms with Crippen molar-refractivity contribution in [2.75, 3.05) is 0 Å². The molecule has 3 fully saturated rings. The molecule has 2 heterocycles. The first-order chi connectivity index (χ1) is 7.33. The molecule has 15 heavy (non-hydrogen) atoms. The first-order valence-corrected chi connectivity index (χ1v) is 6.66. The van der Waals surface area contributed by atoms with E-state index in [2.05, 4.69) is 0 Å². The van der Waals surface area contributed by atoms with E-state index in [0.717, 1.165) is 18.8 Å². The highest BCUT2D eigenvalue weighted by Crippen LogP contribution is 2.42. The molecule has 1 saturated carbocycles. The van der Waals surface area contributed by atoms with Gasteiger partial charge in [-0.3, -0.25) is 0 Å². The minimum Gasteiger partial charge on any atom is -0.393 e. The Bertz CT molecular complexity index is 223. The van der Waals surface area contributed by atoms with Gasteiger partial charge in [0.05, 0.1) is 18.3 Å². The second kappa shape index (κ2) is 4.06. The minimum absolute atomic E-state index is 0.0802. The summed E-state index contributed by atoms with van der Waals surface area (Å²) in [5.74, 6) is 1.27. The molecule has 2 aliphatic heterocycles. The molecule has 0 aromatic rings. The standard InChI is InChI=1S/C13H22O2/c14-12(7-9-3-1-2-4-9)11-8-10-5-6-13(11)15-10/h9-14H,1-8H2. The summed E-state index contributed by atoms with van der Waals surface area (Å²) in [5, 5.41) is 10.3. The lowest BCUT2D eigenvalue weighted by atomic mass is 9.82. The van der Waals surface area contributed by atoms with Crippen LogP contribution in [-0.4, -0.2) is 23.4 Å². The fourth-order valence-corrected chi connectivity index (χ4v) is 3.84. The lowest BCUT2D eigenvalue weighted by Crippen LogP contribution is -2.30. The van der Waals surface area contributed by atoms with Gasteiger partial charge >= 0.3 is 0 Å². The van der Waals surface area contributed by atoms with Crippen molar-refractivity contribution in [3.63, 3.8) is 0 Å². The Balaban J connectivity index is 1.53. The van der Waals surface area contributed by atoms with Crippen molar-refractivity contribution >= 4 is 0 Å². The normalized spacial score (nSPS) is 42.6. The predicted molar refractivity (Wildman–Crippen MR) is 58.6 cm³/mol. The average molecular weight is 210 g/mol. The minimum atomic E-state index is -0.0802. The van der Waals surface area contributed by atoms with Crippen molar-refractivity contribution in [2.45, 2.75) is 69.7 Å². The molecule has 0 aromatic carbocycles. The smallest absolute Gasteiger partial charge is 0.0633 e. The van der Waals surface area contributed by atoms with Crippen LogP contribution in [0.25, 0.3) is 0 Å². The number of ether oxygens (including phenoxy) is 1. The first kappa shape index (κ1) is 10.1. The zero-order valence-corrected chi connectivity index (χ0v) is 9.40. The summed E-state index contributed by atoms with van der Waals surface area (Å²) < 4.78 is 5.81. The van der Waals surface area contributed by atoms with Crippen LogP contribution in [0.2, 0.25) is 0 Å². The number of rotatable bonds is 3. The molecule has 0 spiro atoms. The Morgan fingerprint density at radius 2 is 1.93 bits per heavy atom. The Morgan fingerprint density at radius 3 is 2.53 bits per heavy atom. The molecule has 2 saturated heterocycles. The van der Waals surface area contributed by atoms with Crippen LogP contribution in [0.3, 0.4) is 0 Å². The van der Waals surface area contributed by atoms with Gasteiger partial charge in [0, 0.05) is 5.92 Å². The summed E-state index contributed by atoms with van der Waals surface area (Å²) in [6.45, 7) is 0. The SMILES string of the molecule is OC(CC1CCCC1)C1CC2CCC1O2. The fourth-order valence-electron chi connectivity index (χ4n) is 3.84. The van der Waals surface area contributed by atoms with E-state index in [9.17, 15) is 5.11 Å². The molecule has 4 unspecified atom stereocenters. The van der Waals surface area contributed by atoms with Crippen LogP contribution in [0.5, 0.6) is 0 Å². The quantitative estimate of drug-likeness (QED) is 0.775. The third kappa shape index (κ3) is 1.94. The van der Waals surface area contributed by atoms with E-state index in [1.807, 2.05) is 0 Å². The summed E-state index contributed by atoms with van der Waals surface area (Å²) >= 11 is 0. The molecule has 1 aliphatic carbocycles. The topological polar surface area (TPSA) is 29.5 Å². The van der Waals surface area contributed by atoms with Crippen molar-refractivity contribution in [1.29, 1.82) is 0 Å². The number of hydrogen-bond donors (Lipinski definition) is 1. The van der Waals surface area contributed by atoms with Gasteiger partial charge in [0.2, 0.25) is 0 Å². The summed E-state index contributed by atoms with van der Waals surface area (Å²) in [6.07, 6.45) is 10.8. The molecule has 1 N–H and O–H groups in total. The maximum absolute atomic E-state index is 10.3. The highest BCUT2D eigenvalue weighted by atomic mass is 16.5. The highest BCUT2D eigenvalue weighted by Gasteiger charge is 2.44. The van der Waals surface area contributed by atoms with Crippen molar-refractivity contribution in [3.8, 4) is 0 Å². The van der Waals surface area contributed by atoms with Crippen molar-refractivity contribution in [2.24, 2.45) is 11.8 Å². The van der Waals surface area contributed by atoms with E-state index >= 15 is 0 Å². The molecule has 0 radical (unpaired) electrons. The number of hydrogen-bond acceptors (Lipinski definition) is 2. The van der Waals surface area contributed by atoms with Gasteiger partial charge in [0.25, 0.3) is 0 Å². The van der Waals surface area contributed by atoms with Crippen molar-refractivity contribution in [3.05, 3.63) is 0 Å². The van der Waals surface area contributed by atoms with Crippen LogP contribution in [0, 0.1) is 11.8 Å². The monoisotopic (exact) mass is 210 g/mol. The Morgan fingerprint density at radius 1 is 1.13 bits per heavy atom. The molecular formula is C13H22O2. The van der Waals surface area contributed by atoms with Gasteiger partial charge in [0.15, 0.2) is 0 Å². The van der Waals surface area contributed by atoms with Crippen LogP contribution >= 0.6 is 0 Å². The van der Waals surface area contributed by atoms with Gasteiger partial charge in [-0.2, -0.15) is 0 Å². The van der Waals surface area contributed by atoms with E-state index in [-0.39, 0.29) is 6.10 Å². The molecule has 2 nitrogen and oxygen atoms in total. The molecule has 3 rings (SSSR count). The lowest BCUT2D eigenvalue weighted by molar-refractivity contribution is 0.0310. The zero-order valence-electron chi connectivity index (χ0n) is 9.40. The van der Waals surface area contributed by atoms with E-state index in [0.29, 0.717) is 18.1 Å². The molecule has 3 aliphatic rings. The van der Waals surface area contributed by atoms with Crippen molar-refractivity contribution < 1.29 is 9.84 Å². The molecule has 86 valence electrons. The molecular weight excluding hydrogens is 188 g/mol. The van der Waals surface area contributed by atoms with Crippen LogP contribution in [0.4, 0.5) is 0 Å². The third-order valence-corrected chi connectivity index (χ3v) is 4.70.